The summed E-state index contributed by atoms with van der Waals surface area (Å²) in [6.45, 7) is 3.47. The quantitative estimate of drug-likeness (QED) is 0.490. The van der Waals surface area contributed by atoms with Crippen molar-refractivity contribution in [3.8, 4) is 0 Å². The van der Waals surface area contributed by atoms with Gasteiger partial charge in [0.25, 0.3) is 0 Å². The highest BCUT2D eigenvalue weighted by Gasteiger charge is 2.29. The van der Waals surface area contributed by atoms with Crippen molar-refractivity contribution in [1.82, 2.24) is 9.38 Å². The summed E-state index contributed by atoms with van der Waals surface area (Å²) in [4.78, 5) is 26.0. The highest BCUT2D eigenvalue weighted by molar-refractivity contribution is 6.31. The van der Waals surface area contributed by atoms with Crippen molar-refractivity contribution >= 4 is 29.0 Å². The summed E-state index contributed by atoms with van der Waals surface area (Å²) in [5.74, 6) is -1.28. The summed E-state index contributed by atoms with van der Waals surface area (Å²) >= 11 is 5.93. The molecule has 0 unspecified atom stereocenters. The minimum atomic E-state index is -0.827. The maximum Gasteiger partial charge on any atom is 0.365 e. The molecule has 100 valence electrons. The lowest BCUT2D eigenvalue weighted by atomic mass is 10.3. The van der Waals surface area contributed by atoms with E-state index >= 15 is 0 Å². The second-order valence-electron chi connectivity index (χ2n) is 3.79. The Labute approximate surface area is 112 Å². The van der Waals surface area contributed by atoms with Gasteiger partial charge in [-0.25, -0.2) is 4.79 Å². The number of fused-ring (bicyclic) bond motifs is 1. The van der Waals surface area contributed by atoms with Gasteiger partial charge in [-0.3, -0.25) is 0 Å². The van der Waals surface area contributed by atoms with Crippen LogP contribution in [0, 0.1) is 17.0 Å². The Morgan fingerprint density at radius 1 is 1.63 bits per heavy atom. The van der Waals surface area contributed by atoms with Crippen LogP contribution in [-0.4, -0.2) is 26.9 Å². The number of halogens is 1. The molecule has 8 heteroatoms. The third-order valence-electron chi connectivity index (χ3n) is 2.52. The van der Waals surface area contributed by atoms with Gasteiger partial charge in [-0.1, -0.05) is 11.6 Å². The smallest absolute Gasteiger partial charge is 0.365 e. The molecule has 0 N–H and O–H groups in total. The molecule has 0 aliphatic heterocycles. The molecule has 2 aromatic rings. The van der Waals surface area contributed by atoms with Crippen LogP contribution < -0.4 is 0 Å². The zero-order chi connectivity index (χ0) is 14.2. The molecule has 0 saturated heterocycles. The van der Waals surface area contributed by atoms with Gasteiger partial charge >= 0.3 is 11.8 Å². The lowest BCUT2D eigenvalue weighted by Gasteiger charge is -1.99. The first-order chi connectivity index (χ1) is 8.95. The summed E-state index contributed by atoms with van der Waals surface area (Å²) in [7, 11) is 0. The number of carbonyl (C=O) groups excluding carboxylic acids is 1. The molecule has 19 heavy (non-hydrogen) atoms. The second kappa shape index (κ2) is 4.85. The van der Waals surface area contributed by atoms with E-state index in [9.17, 15) is 14.9 Å². The number of nitrogens with zero attached hydrogens (tertiary/aromatic N) is 3. The van der Waals surface area contributed by atoms with Crippen LogP contribution in [-0.2, 0) is 4.74 Å². The number of pyridine rings is 1. The Morgan fingerprint density at radius 3 is 2.89 bits per heavy atom. The average molecular weight is 284 g/mol. The van der Waals surface area contributed by atoms with Gasteiger partial charge in [0.1, 0.15) is 6.20 Å². The summed E-state index contributed by atoms with van der Waals surface area (Å²) < 4.78 is 5.92. The van der Waals surface area contributed by atoms with Crippen molar-refractivity contribution in [2.24, 2.45) is 0 Å². The molecule has 0 saturated carbocycles. The summed E-state index contributed by atoms with van der Waals surface area (Å²) in [6.07, 6.45) is 1.36. The van der Waals surface area contributed by atoms with Crippen LogP contribution in [0.1, 0.15) is 23.0 Å². The van der Waals surface area contributed by atoms with Crippen molar-refractivity contribution in [2.45, 2.75) is 13.8 Å². The molecule has 0 amide bonds. The lowest BCUT2D eigenvalue weighted by molar-refractivity contribution is -0.390. The highest BCUT2D eigenvalue weighted by Crippen LogP contribution is 2.25. The molecule has 7 nitrogen and oxygen atoms in total. The number of hydrogen-bond acceptors (Lipinski definition) is 5. The zero-order valence-electron chi connectivity index (χ0n) is 10.2. The Hall–Kier alpha value is -2.15. The fraction of sp³-hybridized carbons (Fsp3) is 0.273. The van der Waals surface area contributed by atoms with Crippen molar-refractivity contribution in [3.63, 3.8) is 0 Å². The number of hydrogen-bond donors (Lipinski definition) is 0. The van der Waals surface area contributed by atoms with Gasteiger partial charge in [0.15, 0.2) is 0 Å². The molecule has 2 heterocycles. The number of aryl methyl sites for hydroxylation is 1. The minimum absolute atomic E-state index is 0.115. The summed E-state index contributed by atoms with van der Waals surface area (Å²) in [5.41, 5.74) is 0.662. The minimum Gasteiger partial charge on any atom is -0.461 e. The van der Waals surface area contributed by atoms with Gasteiger partial charge in [0, 0.05) is 6.07 Å². The first-order valence-electron chi connectivity index (χ1n) is 5.45. The SMILES string of the molecule is CCOC(=O)c1nc2cc(C)c(Cl)cn2c1[N+](=O)[O-]. The van der Waals surface area contributed by atoms with Crippen molar-refractivity contribution < 1.29 is 14.5 Å². The van der Waals surface area contributed by atoms with E-state index in [-0.39, 0.29) is 17.9 Å². The number of aromatic nitrogens is 2. The van der Waals surface area contributed by atoms with Crippen LogP contribution in [0.5, 0.6) is 0 Å². The van der Waals surface area contributed by atoms with Gasteiger partial charge < -0.3 is 14.9 Å². The fourth-order valence-corrected chi connectivity index (χ4v) is 1.81. The van der Waals surface area contributed by atoms with Crippen molar-refractivity contribution in [2.75, 3.05) is 6.61 Å². The molecule has 0 aliphatic carbocycles. The van der Waals surface area contributed by atoms with Crippen LogP contribution >= 0.6 is 11.6 Å². The zero-order valence-corrected chi connectivity index (χ0v) is 11.0. The Bertz CT molecular complexity index is 680. The molecular formula is C11H10ClN3O4. The standard InChI is InChI=1S/C11H10ClN3O4/c1-3-19-11(16)9-10(15(17)18)14-5-7(12)6(2)4-8(14)13-9/h4-5H,3H2,1-2H3. The molecule has 0 spiro atoms. The summed E-state index contributed by atoms with van der Waals surface area (Å²) in [6, 6.07) is 1.57. The van der Waals surface area contributed by atoms with Crippen LogP contribution in [0.2, 0.25) is 5.02 Å². The van der Waals surface area contributed by atoms with Crippen LogP contribution in [0.3, 0.4) is 0 Å². The van der Waals surface area contributed by atoms with E-state index in [1.54, 1.807) is 19.9 Å². The van der Waals surface area contributed by atoms with Gasteiger partial charge in [-0.2, -0.15) is 9.38 Å². The lowest BCUT2D eigenvalue weighted by Crippen LogP contribution is -2.08. The maximum atomic E-state index is 11.7. The van der Waals surface area contributed by atoms with E-state index in [2.05, 4.69) is 4.98 Å². The number of carbonyl (C=O) groups is 1. The van der Waals surface area contributed by atoms with Crippen molar-refractivity contribution in [1.29, 1.82) is 0 Å². The van der Waals surface area contributed by atoms with Crippen LogP contribution in [0.15, 0.2) is 12.3 Å². The molecule has 0 fully saturated rings. The number of ether oxygens (including phenoxy) is 1. The topological polar surface area (TPSA) is 86.7 Å². The molecule has 2 aromatic heterocycles. The first kappa shape index (κ1) is 13.3. The molecule has 0 aromatic carbocycles. The Kier molecular flexibility index (Phi) is 3.39. The number of esters is 1. The van der Waals surface area contributed by atoms with E-state index in [0.29, 0.717) is 10.6 Å². The molecule has 0 bridgehead atoms. The monoisotopic (exact) mass is 283 g/mol. The van der Waals surface area contributed by atoms with Gasteiger partial charge in [0.05, 0.1) is 11.6 Å². The normalized spacial score (nSPS) is 10.7. The van der Waals surface area contributed by atoms with Crippen LogP contribution in [0.4, 0.5) is 5.82 Å². The van der Waals surface area contributed by atoms with E-state index in [1.807, 2.05) is 0 Å². The molecular weight excluding hydrogens is 274 g/mol. The maximum absolute atomic E-state index is 11.7. The van der Waals surface area contributed by atoms with Gasteiger partial charge in [-0.05, 0) is 24.3 Å². The van der Waals surface area contributed by atoms with E-state index in [1.165, 1.54) is 10.6 Å². The van der Waals surface area contributed by atoms with E-state index in [0.717, 1.165) is 0 Å². The largest absolute Gasteiger partial charge is 0.461 e. The number of nitro groups is 1. The highest BCUT2D eigenvalue weighted by atomic mass is 35.5. The average Bonchev–Trinajstić information content (AvgIpc) is 2.68. The molecule has 2 rings (SSSR count). The molecule has 0 aliphatic rings. The third-order valence-corrected chi connectivity index (χ3v) is 2.92. The van der Waals surface area contributed by atoms with Gasteiger partial charge in [0.2, 0.25) is 11.3 Å². The van der Waals surface area contributed by atoms with E-state index < -0.39 is 16.7 Å². The molecule has 0 atom stereocenters. The van der Waals surface area contributed by atoms with Crippen molar-refractivity contribution in [3.05, 3.63) is 38.7 Å². The Balaban J connectivity index is 2.74. The third kappa shape index (κ3) is 2.24. The number of imidazole rings is 1. The fourth-order valence-electron chi connectivity index (χ4n) is 1.66. The second-order valence-corrected chi connectivity index (χ2v) is 4.20. The Morgan fingerprint density at radius 2 is 2.32 bits per heavy atom. The summed E-state index contributed by atoms with van der Waals surface area (Å²) in [5, 5.41) is 11.4. The number of rotatable bonds is 3. The predicted octanol–water partition coefficient (Wildman–Crippen LogP) is 2.38. The predicted molar refractivity (Wildman–Crippen MR) is 67.5 cm³/mol. The molecule has 0 radical (unpaired) electrons. The van der Waals surface area contributed by atoms with E-state index in [4.69, 9.17) is 16.3 Å². The first-order valence-corrected chi connectivity index (χ1v) is 5.83. The van der Waals surface area contributed by atoms with Crippen LogP contribution in [0.25, 0.3) is 5.65 Å². The van der Waals surface area contributed by atoms with Gasteiger partial charge in [-0.15, -0.1) is 0 Å².